The summed E-state index contributed by atoms with van der Waals surface area (Å²) in [6, 6.07) is -0.457. The smallest absolute Gasteiger partial charge is 0.333 e. The van der Waals surface area contributed by atoms with Crippen LogP contribution in [0.25, 0.3) is 0 Å². The van der Waals surface area contributed by atoms with Crippen molar-refractivity contribution in [3.05, 3.63) is 12.3 Å². The average molecular weight is 464 g/mol. The molecule has 0 aliphatic carbocycles. The molecule has 1 heterocycles. The van der Waals surface area contributed by atoms with Gasteiger partial charge in [0.25, 0.3) is 0 Å². The molecule has 1 fully saturated rings. The molecule has 0 spiro atoms. The maximum absolute atomic E-state index is 11.7. The maximum Gasteiger partial charge on any atom is 0.333 e. The lowest BCUT2D eigenvalue weighted by atomic mass is 10.0. The van der Waals surface area contributed by atoms with Crippen molar-refractivity contribution in [2.75, 3.05) is 0 Å². The van der Waals surface area contributed by atoms with E-state index in [9.17, 15) is 9.59 Å². The van der Waals surface area contributed by atoms with Crippen LogP contribution in [0, 0.1) is 0 Å². The summed E-state index contributed by atoms with van der Waals surface area (Å²) in [6.07, 6.45) is 33.2. The topological polar surface area (TPSA) is 55.4 Å². The van der Waals surface area contributed by atoms with Crippen molar-refractivity contribution in [1.82, 2.24) is 5.32 Å². The molecule has 1 rings (SSSR count). The van der Waals surface area contributed by atoms with E-state index in [2.05, 4.69) is 12.2 Å². The van der Waals surface area contributed by atoms with Crippen molar-refractivity contribution in [1.29, 1.82) is 0 Å². The summed E-state index contributed by atoms with van der Waals surface area (Å²) in [6.45, 7) is 2.29. The molecule has 0 bridgehead atoms. The van der Waals surface area contributed by atoms with E-state index in [0.29, 0.717) is 12.8 Å². The molecule has 4 heteroatoms. The molecule has 1 atom stereocenters. The number of hydrogen-bond acceptors (Lipinski definition) is 3. The lowest BCUT2D eigenvalue weighted by Crippen LogP contribution is -2.33. The van der Waals surface area contributed by atoms with Crippen LogP contribution in [0.2, 0.25) is 0 Å². The van der Waals surface area contributed by atoms with E-state index >= 15 is 0 Å². The summed E-state index contributed by atoms with van der Waals surface area (Å²) in [5, 5.41) is 2.62. The zero-order valence-electron chi connectivity index (χ0n) is 21.7. The quantitative estimate of drug-likeness (QED) is 0.0938. The van der Waals surface area contributed by atoms with Crippen LogP contribution in [0.1, 0.15) is 155 Å². The van der Waals surface area contributed by atoms with Gasteiger partial charge in [-0.1, -0.05) is 129 Å². The van der Waals surface area contributed by atoms with Crippen molar-refractivity contribution in [2.45, 2.75) is 161 Å². The number of hydrogen-bond donors (Lipinski definition) is 1. The average Bonchev–Trinajstić information content (AvgIpc) is 3.26. The fourth-order valence-electron chi connectivity index (χ4n) is 4.57. The number of allylic oxidation sites excluding steroid dienone is 1. The van der Waals surface area contributed by atoms with Crippen LogP contribution in [-0.2, 0) is 14.3 Å². The second-order valence-electron chi connectivity index (χ2n) is 9.97. The molecule has 1 aliphatic rings. The number of rotatable bonds is 23. The van der Waals surface area contributed by atoms with Gasteiger partial charge in [0.15, 0.2) is 0 Å². The van der Waals surface area contributed by atoms with Crippen LogP contribution in [0.15, 0.2) is 12.3 Å². The van der Waals surface area contributed by atoms with Crippen molar-refractivity contribution < 1.29 is 14.3 Å². The highest BCUT2D eigenvalue weighted by molar-refractivity contribution is 5.88. The monoisotopic (exact) mass is 463 g/mol. The Kier molecular flexibility index (Phi) is 20.2. The first-order chi connectivity index (χ1) is 16.2. The van der Waals surface area contributed by atoms with Crippen molar-refractivity contribution in [3.63, 3.8) is 0 Å². The van der Waals surface area contributed by atoms with E-state index in [-0.39, 0.29) is 11.9 Å². The SMILES string of the molecule is CCCCCCCCCCCCCCCCCCCCCC/C=C/OC(=O)[C@@H]1CCC(=O)N1. The standard InChI is InChI=1S/C29H53NO3/c1-2-3-4-5-6-7-8-9-10-11-12-13-14-15-16-17-18-19-20-21-22-23-26-33-29(32)27-24-25-28(31)30-27/h23,26-27H,2-22,24-25H2,1H3,(H,30,31)/b26-23+/t27-/m0/s1. The van der Waals surface area contributed by atoms with Crippen LogP contribution in [0.5, 0.6) is 0 Å². The minimum atomic E-state index is -0.457. The Balaban J connectivity index is 1.70. The Labute approximate surface area is 204 Å². The summed E-state index contributed by atoms with van der Waals surface area (Å²) in [5.74, 6) is -0.411. The molecular weight excluding hydrogens is 410 g/mol. The molecule has 0 aromatic carbocycles. The Morgan fingerprint density at radius 1 is 0.758 bits per heavy atom. The number of ether oxygens (including phenoxy) is 1. The van der Waals surface area contributed by atoms with Gasteiger partial charge in [-0.3, -0.25) is 4.79 Å². The Hall–Kier alpha value is -1.32. The molecule has 4 nitrogen and oxygen atoms in total. The van der Waals surface area contributed by atoms with Gasteiger partial charge in [-0.05, 0) is 25.3 Å². The maximum atomic E-state index is 11.7. The molecular formula is C29H53NO3. The first kappa shape index (κ1) is 29.7. The predicted octanol–water partition coefficient (Wildman–Crippen LogP) is 8.53. The Morgan fingerprint density at radius 2 is 1.18 bits per heavy atom. The van der Waals surface area contributed by atoms with Crippen LogP contribution in [0.3, 0.4) is 0 Å². The summed E-state index contributed by atoms with van der Waals surface area (Å²) >= 11 is 0. The number of carbonyl (C=O) groups is 2. The van der Waals surface area contributed by atoms with Gasteiger partial charge >= 0.3 is 5.97 Å². The highest BCUT2D eigenvalue weighted by Gasteiger charge is 2.27. The van der Waals surface area contributed by atoms with Crippen LogP contribution in [0.4, 0.5) is 0 Å². The van der Waals surface area contributed by atoms with Gasteiger partial charge in [0.1, 0.15) is 6.04 Å². The molecule has 0 unspecified atom stereocenters. The normalized spacial score (nSPS) is 15.9. The zero-order valence-corrected chi connectivity index (χ0v) is 21.7. The summed E-state index contributed by atoms with van der Waals surface area (Å²) < 4.78 is 5.08. The van der Waals surface area contributed by atoms with Crippen LogP contribution in [-0.4, -0.2) is 17.9 Å². The number of esters is 1. The molecule has 1 N–H and O–H groups in total. The minimum absolute atomic E-state index is 0.0646. The summed E-state index contributed by atoms with van der Waals surface area (Å²) in [4.78, 5) is 22.8. The third-order valence-electron chi connectivity index (χ3n) is 6.78. The zero-order chi connectivity index (χ0) is 23.8. The fraction of sp³-hybridized carbons (Fsp3) is 0.862. The highest BCUT2D eigenvalue weighted by Crippen LogP contribution is 2.15. The third-order valence-corrected chi connectivity index (χ3v) is 6.78. The number of amides is 1. The van der Waals surface area contributed by atoms with Gasteiger partial charge in [0.05, 0.1) is 6.26 Å². The lowest BCUT2D eigenvalue weighted by molar-refractivity contribution is -0.141. The second kappa shape index (κ2) is 22.5. The molecule has 192 valence electrons. The largest absolute Gasteiger partial charge is 0.433 e. The highest BCUT2D eigenvalue weighted by atomic mass is 16.5. The Morgan fingerprint density at radius 3 is 1.58 bits per heavy atom. The van der Waals surface area contributed by atoms with Gasteiger partial charge in [-0.25, -0.2) is 4.79 Å². The number of nitrogens with one attached hydrogen (secondary N) is 1. The van der Waals surface area contributed by atoms with Crippen molar-refractivity contribution in [2.24, 2.45) is 0 Å². The molecule has 33 heavy (non-hydrogen) atoms. The molecule has 0 aromatic rings. The third kappa shape index (κ3) is 18.8. The van der Waals surface area contributed by atoms with Crippen molar-refractivity contribution in [3.8, 4) is 0 Å². The van der Waals surface area contributed by atoms with Gasteiger partial charge in [0.2, 0.25) is 5.91 Å². The first-order valence-corrected chi connectivity index (χ1v) is 14.4. The molecule has 1 saturated heterocycles. The van der Waals surface area contributed by atoms with E-state index in [0.717, 1.165) is 12.8 Å². The molecule has 1 amide bonds. The molecule has 1 aliphatic heterocycles. The van der Waals surface area contributed by atoms with Crippen molar-refractivity contribution >= 4 is 11.9 Å². The number of carbonyl (C=O) groups excluding carboxylic acids is 2. The molecule has 0 saturated carbocycles. The molecule has 0 aromatic heterocycles. The predicted molar refractivity (Wildman–Crippen MR) is 139 cm³/mol. The van der Waals surface area contributed by atoms with Gasteiger partial charge in [-0.15, -0.1) is 0 Å². The molecule has 0 radical (unpaired) electrons. The fourth-order valence-corrected chi connectivity index (χ4v) is 4.57. The summed E-state index contributed by atoms with van der Waals surface area (Å²) in [7, 11) is 0. The first-order valence-electron chi connectivity index (χ1n) is 14.4. The lowest BCUT2D eigenvalue weighted by Gasteiger charge is -2.06. The van der Waals surface area contributed by atoms with E-state index in [1.807, 2.05) is 6.08 Å². The Bertz CT molecular complexity index is 503. The van der Waals surface area contributed by atoms with E-state index < -0.39 is 6.04 Å². The van der Waals surface area contributed by atoms with Crippen LogP contribution < -0.4 is 5.32 Å². The van der Waals surface area contributed by atoms with Gasteiger partial charge in [-0.2, -0.15) is 0 Å². The minimum Gasteiger partial charge on any atom is -0.433 e. The summed E-state index contributed by atoms with van der Waals surface area (Å²) in [5.41, 5.74) is 0. The van der Waals surface area contributed by atoms with E-state index in [1.165, 1.54) is 128 Å². The van der Waals surface area contributed by atoms with Gasteiger partial charge in [0, 0.05) is 6.42 Å². The van der Waals surface area contributed by atoms with E-state index in [1.54, 1.807) is 0 Å². The van der Waals surface area contributed by atoms with E-state index in [4.69, 9.17) is 4.74 Å². The van der Waals surface area contributed by atoms with Gasteiger partial charge < -0.3 is 10.1 Å². The second-order valence-corrected chi connectivity index (χ2v) is 9.97. The van der Waals surface area contributed by atoms with Crippen LogP contribution >= 0.6 is 0 Å². The number of unbranched alkanes of at least 4 members (excludes halogenated alkanes) is 20.